The van der Waals surface area contributed by atoms with Crippen LogP contribution in [0.2, 0.25) is 0 Å². The van der Waals surface area contributed by atoms with Crippen molar-refractivity contribution in [3.63, 3.8) is 0 Å². The lowest BCUT2D eigenvalue weighted by molar-refractivity contribution is -0.107. The molecule has 0 bridgehead atoms. The SMILES string of the molecule is CCOC1=CC2=CC[C@H]3[C@@H]4CCC[C@@]4(C)CC(O)[C@@H]3[C@@]2(C)CC1. The molecular weight excluding hydrogens is 284 g/mol. The Bertz CT molecular complexity index is 548. The topological polar surface area (TPSA) is 29.5 Å². The van der Waals surface area contributed by atoms with Gasteiger partial charge in [-0.25, -0.2) is 0 Å². The minimum Gasteiger partial charge on any atom is -0.498 e. The standard InChI is InChI=1S/C21H32O2/c1-4-23-15-9-11-21(3)14(12-15)7-8-16-17-6-5-10-20(17,2)13-18(22)19(16)21/h7,12,16-19,22H,4-6,8-11,13H2,1-3H3/t16-,17-,18?,19+,20-,21-/m0/s1. The number of aliphatic hydroxyl groups excluding tert-OH is 1. The van der Waals surface area contributed by atoms with Gasteiger partial charge in [0.15, 0.2) is 0 Å². The molecule has 2 nitrogen and oxygen atoms in total. The first kappa shape index (κ1) is 15.7. The Morgan fingerprint density at radius 2 is 2.13 bits per heavy atom. The number of fused-ring (bicyclic) bond motifs is 5. The molecule has 23 heavy (non-hydrogen) atoms. The molecule has 128 valence electrons. The Balaban J connectivity index is 1.70. The fourth-order valence-corrected chi connectivity index (χ4v) is 6.74. The molecule has 1 unspecified atom stereocenters. The number of hydrogen-bond donors (Lipinski definition) is 1. The van der Waals surface area contributed by atoms with Gasteiger partial charge in [0.05, 0.1) is 18.5 Å². The van der Waals surface area contributed by atoms with Crippen molar-refractivity contribution < 1.29 is 9.84 Å². The first-order valence-corrected chi connectivity index (χ1v) is 9.70. The zero-order valence-electron chi connectivity index (χ0n) is 15.0. The maximum absolute atomic E-state index is 11.1. The molecule has 0 aromatic heterocycles. The Morgan fingerprint density at radius 3 is 2.91 bits per heavy atom. The molecule has 0 amide bonds. The van der Waals surface area contributed by atoms with E-state index < -0.39 is 0 Å². The average Bonchev–Trinajstić information content (AvgIpc) is 2.88. The Morgan fingerprint density at radius 1 is 1.30 bits per heavy atom. The molecular formula is C21H32O2. The van der Waals surface area contributed by atoms with Gasteiger partial charge in [-0.1, -0.05) is 26.3 Å². The van der Waals surface area contributed by atoms with Crippen LogP contribution in [0, 0.1) is 28.6 Å². The van der Waals surface area contributed by atoms with E-state index in [1.807, 2.05) is 0 Å². The predicted molar refractivity (Wildman–Crippen MR) is 92.8 cm³/mol. The van der Waals surface area contributed by atoms with Crippen molar-refractivity contribution in [2.45, 2.75) is 71.8 Å². The third-order valence-electron chi connectivity index (χ3n) is 7.77. The molecule has 2 fully saturated rings. The van der Waals surface area contributed by atoms with Gasteiger partial charge in [-0.05, 0) is 79.3 Å². The highest BCUT2D eigenvalue weighted by molar-refractivity contribution is 5.36. The van der Waals surface area contributed by atoms with Crippen LogP contribution in [0.4, 0.5) is 0 Å². The van der Waals surface area contributed by atoms with Crippen molar-refractivity contribution in [3.05, 3.63) is 23.5 Å². The summed E-state index contributed by atoms with van der Waals surface area (Å²) in [5.41, 5.74) is 1.98. The van der Waals surface area contributed by atoms with Gasteiger partial charge in [0, 0.05) is 6.42 Å². The van der Waals surface area contributed by atoms with E-state index in [1.165, 1.54) is 24.8 Å². The summed E-state index contributed by atoms with van der Waals surface area (Å²) < 4.78 is 5.78. The predicted octanol–water partition coefficient (Wildman–Crippen LogP) is 4.84. The summed E-state index contributed by atoms with van der Waals surface area (Å²) in [6.45, 7) is 7.67. The highest BCUT2D eigenvalue weighted by atomic mass is 16.5. The molecule has 0 aliphatic heterocycles. The zero-order valence-corrected chi connectivity index (χ0v) is 15.0. The van der Waals surface area contributed by atoms with Crippen LogP contribution in [0.5, 0.6) is 0 Å². The van der Waals surface area contributed by atoms with Crippen molar-refractivity contribution in [1.82, 2.24) is 0 Å². The molecule has 0 spiro atoms. The summed E-state index contributed by atoms with van der Waals surface area (Å²) >= 11 is 0. The molecule has 4 aliphatic carbocycles. The summed E-state index contributed by atoms with van der Waals surface area (Å²) in [5, 5.41) is 11.1. The van der Waals surface area contributed by atoms with Crippen LogP contribution in [-0.2, 0) is 4.74 Å². The van der Waals surface area contributed by atoms with E-state index in [1.54, 1.807) is 0 Å². The molecule has 6 atom stereocenters. The van der Waals surface area contributed by atoms with E-state index in [4.69, 9.17) is 4.74 Å². The molecule has 0 aromatic rings. The minimum absolute atomic E-state index is 0.130. The van der Waals surface area contributed by atoms with Gasteiger partial charge in [-0.2, -0.15) is 0 Å². The Kier molecular flexibility index (Phi) is 3.68. The lowest BCUT2D eigenvalue weighted by atomic mass is 9.48. The van der Waals surface area contributed by atoms with Gasteiger partial charge in [-0.3, -0.25) is 0 Å². The first-order valence-electron chi connectivity index (χ1n) is 9.70. The molecule has 0 aromatic carbocycles. The third kappa shape index (κ3) is 2.24. The van der Waals surface area contributed by atoms with Crippen LogP contribution in [0.15, 0.2) is 23.5 Å². The van der Waals surface area contributed by atoms with Gasteiger partial charge < -0.3 is 9.84 Å². The summed E-state index contributed by atoms with van der Waals surface area (Å²) in [7, 11) is 0. The quantitative estimate of drug-likeness (QED) is 0.790. The van der Waals surface area contributed by atoms with E-state index in [0.717, 1.165) is 44.0 Å². The second kappa shape index (κ2) is 5.37. The van der Waals surface area contributed by atoms with Gasteiger partial charge in [0.25, 0.3) is 0 Å². The van der Waals surface area contributed by atoms with Crippen molar-refractivity contribution >= 4 is 0 Å². The van der Waals surface area contributed by atoms with Gasteiger partial charge in [-0.15, -0.1) is 0 Å². The first-order chi connectivity index (χ1) is 11.0. The second-order valence-electron chi connectivity index (χ2n) is 8.97. The largest absolute Gasteiger partial charge is 0.498 e. The molecule has 1 N–H and O–H groups in total. The summed E-state index contributed by atoms with van der Waals surface area (Å²) in [6.07, 6.45) is 13.0. The van der Waals surface area contributed by atoms with E-state index in [0.29, 0.717) is 17.3 Å². The van der Waals surface area contributed by atoms with E-state index in [-0.39, 0.29) is 11.5 Å². The Hall–Kier alpha value is -0.760. The smallest absolute Gasteiger partial charge is 0.0962 e. The monoisotopic (exact) mass is 316 g/mol. The Labute approximate surface area is 141 Å². The minimum atomic E-state index is -0.130. The fourth-order valence-electron chi connectivity index (χ4n) is 6.74. The van der Waals surface area contributed by atoms with E-state index >= 15 is 0 Å². The lowest BCUT2D eigenvalue weighted by Crippen LogP contribution is -2.54. The van der Waals surface area contributed by atoms with Crippen molar-refractivity contribution in [3.8, 4) is 0 Å². The molecule has 2 saturated carbocycles. The van der Waals surface area contributed by atoms with Crippen molar-refractivity contribution in [2.24, 2.45) is 28.6 Å². The summed E-state index contributed by atoms with van der Waals surface area (Å²) in [4.78, 5) is 0. The maximum Gasteiger partial charge on any atom is 0.0962 e. The van der Waals surface area contributed by atoms with Gasteiger partial charge in [0.1, 0.15) is 0 Å². The number of ether oxygens (including phenoxy) is 1. The van der Waals surface area contributed by atoms with E-state index in [9.17, 15) is 5.11 Å². The van der Waals surface area contributed by atoms with Crippen LogP contribution in [-0.4, -0.2) is 17.8 Å². The van der Waals surface area contributed by atoms with Crippen molar-refractivity contribution in [1.29, 1.82) is 0 Å². The molecule has 2 heteroatoms. The van der Waals surface area contributed by atoms with Crippen LogP contribution in [0.3, 0.4) is 0 Å². The van der Waals surface area contributed by atoms with Crippen LogP contribution >= 0.6 is 0 Å². The maximum atomic E-state index is 11.1. The third-order valence-corrected chi connectivity index (χ3v) is 7.77. The molecule has 0 radical (unpaired) electrons. The number of hydrogen-bond acceptors (Lipinski definition) is 2. The highest BCUT2D eigenvalue weighted by Crippen LogP contribution is 2.64. The number of aliphatic hydroxyl groups is 1. The van der Waals surface area contributed by atoms with Crippen molar-refractivity contribution in [2.75, 3.05) is 6.61 Å². The molecule has 4 aliphatic rings. The molecule has 0 heterocycles. The van der Waals surface area contributed by atoms with Crippen LogP contribution in [0.25, 0.3) is 0 Å². The van der Waals surface area contributed by atoms with Gasteiger partial charge in [0.2, 0.25) is 0 Å². The van der Waals surface area contributed by atoms with Gasteiger partial charge >= 0.3 is 0 Å². The average molecular weight is 316 g/mol. The lowest BCUT2D eigenvalue weighted by Gasteiger charge is -2.58. The highest BCUT2D eigenvalue weighted by Gasteiger charge is 2.58. The second-order valence-corrected chi connectivity index (χ2v) is 8.97. The number of allylic oxidation sites excluding steroid dienone is 4. The van der Waals surface area contributed by atoms with Crippen LogP contribution < -0.4 is 0 Å². The summed E-state index contributed by atoms with van der Waals surface area (Å²) in [6, 6.07) is 0. The van der Waals surface area contributed by atoms with E-state index in [2.05, 4.69) is 32.9 Å². The molecule has 0 saturated heterocycles. The number of rotatable bonds is 2. The normalized spacial score (nSPS) is 48.7. The molecule has 4 rings (SSSR count). The van der Waals surface area contributed by atoms with Crippen LogP contribution in [0.1, 0.15) is 65.7 Å². The zero-order chi connectivity index (χ0) is 16.2. The fraction of sp³-hybridized carbons (Fsp3) is 0.810. The summed E-state index contributed by atoms with van der Waals surface area (Å²) in [5.74, 6) is 3.09.